The van der Waals surface area contributed by atoms with Gasteiger partial charge in [-0.2, -0.15) is 0 Å². The Hall–Kier alpha value is -3.36. The molecule has 2 heteroatoms. The molecule has 30 heavy (non-hydrogen) atoms. The highest BCUT2D eigenvalue weighted by molar-refractivity contribution is 5.49. The van der Waals surface area contributed by atoms with Crippen LogP contribution in [0.5, 0.6) is 0 Å². The Kier molecular flexibility index (Phi) is 8.25. The predicted octanol–water partition coefficient (Wildman–Crippen LogP) is 4.54. The van der Waals surface area contributed by atoms with E-state index in [1.54, 1.807) is 0 Å². The Balaban J connectivity index is 1.49. The molecule has 0 aliphatic carbocycles. The van der Waals surface area contributed by atoms with Gasteiger partial charge in [0.25, 0.3) is 0 Å². The minimum absolute atomic E-state index is 0.885. The molecular formula is C28H30N2+2. The lowest BCUT2D eigenvalue weighted by Gasteiger charge is -1.97. The summed E-state index contributed by atoms with van der Waals surface area (Å²) in [6.07, 6.45) is 12.4. The van der Waals surface area contributed by atoms with E-state index in [-0.39, 0.29) is 0 Å². The Bertz CT molecular complexity index is 1000. The van der Waals surface area contributed by atoms with Crippen molar-refractivity contribution in [2.75, 3.05) is 0 Å². The summed E-state index contributed by atoms with van der Waals surface area (Å²) in [5, 5.41) is 0. The summed E-state index contributed by atoms with van der Waals surface area (Å²) < 4.78 is 4.46. The Morgan fingerprint density at radius 2 is 1.10 bits per heavy atom. The molecule has 0 saturated heterocycles. The van der Waals surface area contributed by atoms with Crippen molar-refractivity contribution in [3.05, 3.63) is 95.6 Å². The maximum Gasteiger partial charge on any atom is 0.171 e. The van der Waals surface area contributed by atoms with Crippen LogP contribution < -0.4 is 9.13 Å². The highest BCUT2D eigenvalue weighted by Gasteiger charge is 2.00. The largest absolute Gasteiger partial charge is 0.205 e. The molecule has 150 valence electrons. The first-order valence-electron chi connectivity index (χ1n) is 10.7. The van der Waals surface area contributed by atoms with Crippen molar-refractivity contribution >= 4 is 0 Å². The maximum atomic E-state index is 3.32. The zero-order valence-electron chi connectivity index (χ0n) is 18.1. The fourth-order valence-electron chi connectivity index (χ4n) is 3.30. The van der Waals surface area contributed by atoms with Crippen molar-refractivity contribution in [3.8, 4) is 23.7 Å². The van der Waals surface area contributed by atoms with Gasteiger partial charge in [0, 0.05) is 60.1 Å². The fourth-order valence-corrected chi connectivity index (χ4v) is 3.30. The summed E-state index contributed by atoms with van der Waals surface area (Å²) in [6, 6.07) is 16.6. The molecule has 0 spiro atoms. The zero-order chi connectivity index (χ0) is 21.0. The van der Waals surface area contributed by atoms with Gasteiger partial charge in [0.2, 0.25) is 0 Å². The standard InChI is InChI=1S/C28H30N2/c1-25-13-11-21-29(23-25)19-9-3-5-15-27-17-7-8-18-28(27)16-6-4-10-20-30-22-12-14-26(2)24-30/h7-8,11-14,17-18,21-24H,3-4,9-10,19-20H2,1-2H3/q+2. The SMILES string of the molecule is Cc1ccc[n+](CCCC#Cc2ccccc2C#CCCC[n+]2cccc(C)c2)c1. The average molecular weight is 395 g/mol. The van der Waals surface area contributed by atoms with Gasteiger partial charge in [0.1, 0.15) is 13.1 Å². The molecule has 0 fully saturated rings. The minimum atomic E-state index is 0.885. The van der Waals surface area contributed by atoms with Crippen molar-refractivity contribution in [1.82, 2.24) is 0 Å². The predicted molar refractivity (Wildman–Crippen MR) is 121 cm³/mol. The molecule has 0 unspecified atom stereocenters. The number of nitrogens with zero attached hydrogens (tertiary/aromatic N) is 2. The van der Waals surface area contributed by atoms with E-state index in [0.29, 0.717) is 0 Å². The Morgan fingerprint density at radius 1 is 0.633 bits per heavy atom. The van der Waals surface area contributed by atoms with Gasteiger partial charge in [-0.05, 0) is 38.1 Å². The van der Waals surface area contributed by atoms with Gasteiger partial charge in [-0.1, -0.05) is 35.8 Å². The first kappa shape index (κ1) is 21.4. The van der Waals surface area contributed by atoms with Crippen LogP contribution in [0.1, 0.15) is 47.9 Å². The summed E-state index contributed by atoms with van der Waals surface area (Å²) in [5.41, 5.74) is 4.63. The van der Waals surface area contributed by atoms with Gasteiger partial charge in [-0.15, -0.1) is 0 Å². The molecule has 1 aromatic carbocycles. The lowest BCUT2D eigenvalue weighted by Crippen LogP contribution is -2.32. The van der Waals surface area contributed by atoms with Gasteiger partial charge in [0.05, 0.1) is 0 Å². The number of rotatable bonds is 6. The quantitative estimate of drug-likeness (QED) is 0.329. The van der Waals surface area contributed by atoms with Crippen molar-refractivity contribution < 1.29 is 9.13 Å². The third-order valence-corrected chi connectivity index (χ3v) is 4.82. The molecule has 0 N–H and O–H groups in total. The molecule has 0 atom stereocenters. The van der Waals surface area contributed by atoms with Crippen molar-refractivity contribution in [2.45, 2.75) is 52.6 Å². The normalized spacial score (nSPS) is 9.93. The second kappa shape index (κ2) is 11.6. The molecule has 2 nitrogen and oxygen atoms in total. The summed E-state index contributed by atoms with van der Waals surface area (Å²) in [6.45, 7) is 6.24. The number of hydrogen-bond donors (Lipinski definition) is 0. The number of aromatic nitrogens is 2. The first-order chi connectivity index (χ1) is 14.7. The topological polar surface area (TPSA) is 7.76 Å². The summed E-state index contributed by atoms with van der Waals surface area (Å²) >= 11 is 0. The highest BCUT2D eigenvalue weighted by atomic mass is 14.9. The number of hydrogen-bond acceptors (Lipinski definition) is 0. The molecule has 0 amide bonds. The summed E-state index contributed by atoms with van der Waals surface area (Å²) in [4.78, 5) is 0. The molecule has 3 rings (SSSR count). The molecule has 0 aliphatic heterocycles. The van der Waals surface area contributed by atoms with E-state index >= 15 is 0 Å². The van der Waals surface area contributed by atoms with Crippen molar-refractivity contribution in [3.63, 3.8) is 0 Å². The third kappa shape index (κ3) is 7.23. The van der Waals surface area contributed by atoms with E-state index in [9.17, 15) is 0 Å². The Morgan fingerprint density at radius 3 is 1.53 bits per heavy atom. The van der Waals surface area contributed by atoms with E-state index < -0.39 is 0 Å². The van der Waals surface area contributed by atoms with E-state index in [4.69, 9.17) is 0 Å². The molecule has 0 aliphatic rings. The van der Waals surface area contributed by atoms with Crippen molar-refractivity contribution in [1.29, 1.82) is 0 Å². The van der Waals surface area contributed by atoms with Gasteiger partial charge >= 0.3 is 0 Å². The molecule has 0 radical (unpaired) electrons. The van der Waals surface area contributed by atoms with Crippen LogP contribution in [0.25, 0.3) is 0 Å². The Labute approximate surface area is 181 Å². The third-order valence-electron chi connectivity index (χ3n) is 4.82. The number of benzene rings is 1. The molecule has 3 aromatic rings. The monoisotopic (exact) mass is 394 g/mol. The molecule has 2 aromatic heterocycles. The van der Waals surface area contributed by atoms with E-state index in [2.05, 4.69) is 108 Å². The maximum absolute atomic E-state index is 3.32. The fraction of sp³-hybridized carbons (Fsp3) is 0.286. The van der Waals surface area contributed by atoms with Crippen molar-refractivity contribution in [2.24, 2.45) is 0 Å². The van der Waals surface area contributed by atoms with Crippen LogP contribution in [-0.2, 0) is 13.1 Å². The van der Waals surface area contributed by atoms with Crippen LogP contribution in [0, 0.1) is 37.5 Å². The minimum Gasteiger partial charge on any atom is -0.205 e. The number of pyridine rings is 2. The molecule has 0 bridgehead atoms. The summed E-state index contributed by atoms with van der Waals surface area (Å²) in [7, 11) is 0. The lowest BCUT2D eigenvalue weighted by molar-refractivity contribution is -0.697. The molecule has 2 heterocycles. The van der Waals surface area contributed by atoms with Gasteiger partial charge in [0.15, 0.2) is 24.8 Å². The highest BCUT2D eigenvalue weighted by Crippen LogP contribution is 2.06. The van der Waals surface area contributed by atoms with E-state index in [1.165, 1.54) is 11.1 Å². The van der Waals surface area contributed by atoms with Crippen LogP contribution in [0.2, 0.25) is 0 Å². The number of aryl methyl sites for hydroxylation is 4. The average Bonchev–Trinajstić information content (AvgIpc) is 2.74. The van der Waals surface area contributed by atoms with Crippen LogP contribution in [0.15, 0.2) is 73.3 Å². The lowest BCUT2D eigenvalue weighted by atomic mass is 10.1. The first-order valence-corrected chi connectivity index (χ1v) is 10.7. The molecular weight excluding hydrogens is 364 g/mol. The van der Waals surface area contributed by atoms with Crippen LogP contribution in [0.4, 0.5) is 0 Å². The smallest absolute Gasteiger partial charge is 0.171 e. The van der Waals surface area contributed by atoms with E-state index in [1.807, 2.05) is 12.1 Å². The van der Waals surface area contributed by atoms with Gasteiger partial charge in [-0.3, -0.25) is 0 Å². The van der Waals surface area contributed by atoms with Crippen LogP contribution in [-0.4, -0.2) is 0 Å². The summed E-state index contributed by atoms with van der Waals surface area (Å²) in [5.74, 6) is 13.3. The second-order valence-corrected chi connectivity index (χ2v) is 7.59. The van der Waals surface area contributed by atoms with Gasteiger partial charge < -0.3 is 0 Å². The zero-order valence-corrected chi connectivity index (χ0v) is 18.1. The van der Waals surface area contributed by atoms with Crippen LogP contribution >= 0.6 is 0 Å². The molecule has 0 saturated carbocycles. The second-order valence-electron chi connectivity index (χ2n) is 7.59. The van der Waals surface area contributed by atoms with Crippen LogP contribution in [0.3, 0.4) is 0 Å². The van der Waals surface area contributed by atoms with E-state index in [0.717, 1.165) is 49.9 Å². The number of unbranched alkanes of at least 4 members (excludes halogenated alkanes) is 2. The van der Waals surface area contributed by atoms with Gasteiger partial charge in [-0.25, -0.2) is 9.13 Å².